The number of thioether (sulfide) groups is 1. The highest BCUT2D eigenvalue weighted by Crippen LogP contribution is 2.22. The Labute approximate surface area is 132 Å². The van der Waals surface area contributed by atoms with Gasteiger partial charge in [-0.05, 0) is 30.7 Å². The molecule has 118 valence electrons. The summed E-state index contributed by atoms with van der Waals surface area (Å²) in [4.78, 5) is 16.7. The molecule has 2 N–H and O–H groups in total. The lowest BCUT2D eigenvalue weighted by Gasteiger charge is -2.30. The van der Waals surface area contributed by atoms with E-state index < -0.39 is 6.09 Å². The summed E-state index contributed by atoms with van der Waals surface area (Å²) in [5, 5.41) is 17.7. The first-order chi connectivity index (χ1) is 10.7. The minimum Gasteiger partial charge on any atom is -0.465 e. The third-order valence-corrected chi connectivity index (χ3v) is 4.73. The SMILES string of the molecule is CSc1ncnn2ccc(CNC3CCN(C(=O)O)CC3)c12. The molecule has 0 aliphatic carbocycles. The lowest BCUT2D eigenvalue weighted by molar-refractivity contribution is 0.129. The molecule has 1 aliphatic rings. The third kappa shape index (κ3) is 3.02. The minimum absolute atomic E-state index is 0.355. The van der Waals surface area contributed by atoms with Crippen LogP contribution >= 0.6 is 11.8 Å². The van der Waals surface area contributed by atoms with Crippen LogP contribution in [0.3, 0.4) is 0 Å². The smallest absolute Gasteiger partial charge is 0.407 e. The van der Waals surface area contributed by atoms with Crippen LogP contribution in [0.25, 0.3) is 5.52 Å². The van der Waals surface area contributed by atoms with Crippen LogP contribution in [0.5, 0.6) is 0 Å². The number of hydrogen-bond acceptors (Lipinski definition) is 5. The van der Waals surface area contributed by atoms with E-state index in [9.17, 15) is 4.79 Å². The average molecular weight is 321 g/mol. The number of amides is 1. The van der Waals surface area contributed by atoms with Gasteiger partial charge in [-0.3, -0.25) is 0 Å². The van der Waals surface area contributed by atoms with Gasteiger partial charge in [0.1, 0.15) is 16.9 Å². The number of fused-ring (bicyclic) bond motifs is 1. The van der Waals surface area contributed by atoms with E-state index in [1.807, 2.05) is 17.0 Å². The number of hydrogen-bond donors (Lipinski definition) is 2. The van der Waals surface area contributed by atoms with Crippen molar-refractivity contribution in [1.82, 2.24) is 24.8 Å². The van der Waals surface area contributed by atoms with Crippen molar-refractivity contribution in [2.24, 2.45) is 0 Å². The number of carboxylic acid groups (broad SMARTS) is 1. The van der Waals surface area contributed by atoms with Gasteiger partial charge < -0.3 is 15.3 Å². The number of carbonyl (C=O) groups is 1. The van der Waals surface area contributed by atoms with Crippen LogP contribution in [0.4, 0.5) is 4.79 Å². The van der Waals surface area contributed by atoms with E-state index >= 15 is 0 Å². The standard InChI is InChI=1S/C14H19N5O2S/c1-22-13-12-10(2-7-19(12)17-9-16-13)8-15-11-3-5-18(6-4-11)14(20)21/h2,7,9,11,15H,3-6,8H2,1H3,(H,20,21). The summed E-state index contributed by atoms with van der Waals surface area (Å²) in [5.41, 5.74) is 2.22. The molecular weight excluding hydrogens is 302 g/mol. The molecule has 0 spiro atoms. The Morgan fingerprint density at radius 3 is 2.95 bits per heavy atom. The molecule has 1 saturated heterocycles. The molecule has 2 aromatic rings. The quantitative estimate of drug-likeness (QED) is 0.834. The first-order valence-corrected chi connectivity index (χ1v) is 8.48. The van der Waals surface area contributed by atoms with Crippen LogP contribution in [0.2, 0.25) is 0 Å². The van der Waals surface area contributed by atoms with E-state index in [1.54, 1.807) is 18.1 Å². The topological polar surface area (TPSA) is 82.8 Å². The van der Waals surface area contributed by atoms with E-state index in [0.29, 0.717) is 19.1 Å². The van der Waals surface area contributed by atoms with Crippen molar-refractivity contribution in [1.29, 1.82) is 0 Å². The maximum Gasteiger partial charge on any atom is 0.407 e. The second kappa shape index (κ2) is 6.53. The number of nitrogens with zero attached hydrogens (tertiary/aromatic N) is 4. The molecule has 3 heterocycles. The number of piperidine rings is 1. The molecule has 2 aromatic heterocycles. The molecule has 1 aliphatic heterocycles. The van der Waals surface area contributed by atoms with Gasteiger partial charge in [-0.15, -0.1) is 11.8 Å². The Morgan fingerprint density at radius 1 is 1.50 bits per heavy atom. The Balaban J connectivity index is 1.64. The van der Waals surface area contributed by atoms with Crippen molar-refractivity contribution in [3.8, 4) is 0 Å². The zero-order valence-corrected chi connectivity index (χ0v) is 13.2. The summed E-state index contributed by atoms with van der Waals surface area (Å²) in [6.07, 6.45) is 6.40. The van der Waals surface area contributed by atoms with Crippen LogP contribution in [-0.4, -0.2) is 56.1 Å². The summed E-state index contributed by atoms with van der Waals surface area (Å²) in [5.74, 6) is 0. The Bertz CT molecular complexity index is 666. The lowest BCUT2D eigenvalue weighted by atomic mass is 10.1. The predicted molar refractivity (Wildman–Crippen MR) is 84.2 cm³/mol. The maximum absolute atomic E-state index is 10.9. The van der Waals surface area contributed by atoms with Gasteiger partial charge in [0.15, 0.2) is 0 Å². The van der Waals surface area contributed by atoms with E-state index in [2.05, 4.69) is 21.5 Å². The van der Waals surface area contributed by atoms with Crippen LogP contribution in [0.15, 0.2) is 23.6 Å². The van der Waals surface area contributed by atoms with Crippen molar-refractivity contribution < 1.29 is 9.90 Å². The fourth-order valence-corrected chi connectivity index (χ4v) is 3.38. The van der Waals surface area contributed by atoms with Gasteiger partial charge in [-0.2, -0.15) is 5.10 Å². The van der Waals surface area contributed by atoms with Crippen molar-refractivity contribution in [2.75, 3.05) is 19.3 Å². The molecule has 0 aromatic carbocycles. The molecular formula is C14H19N5O2S. The molecule has 0 saturated carbocycles. The average Bonchev–Trinajstić information content (AvgIpc) is 2.96. The molecule has 0 radical (unpaired) electrons. The number of rotatable bonds is 4. The molecule has 7 nitrogen and oxygen atoms in total. The third-order valence-electron chi connectivity index (χ3n) is 4.04. The van der Waals surface area contributed by atoms with Crippen molar-refractivity contribution in [2.45, 2.75) is 30.5 Å². The highest BCUT2D eigenvalue weighted by molar-refractivity contribution is 7.98. The van der Waals surface area contributed by atoms with E-state index in [4.69, 9.17) is 5.11 Å². The Morgan fingerprint density at radius 2 is 2.27 bits per heavy atom. The first-order valence-electron chi connectivity index (χ1n) is 7.25. The highest BCUT2D eigenvalue weighted by Gasteiger charge is 2.22. The second-order valence-electron chi connectivity index (χ2n) is 5.33. The molecule has 22 heavy (non-hydrogen) atoms. The molecule has 8 heteroatoms. The van der Waals surface area contributed by atoms with E-state index in [0.717, 1.165) is 29.9 Å². The van der Waals surface area contributed by atoms with E-state index in [1.165, 1.54) is 10.5 Å². The van der Waals surface area contributed by atoms with Crippen molar-refractivity contribution in [3.05, 3.63) is 24.2 Å². The number of likely N-dealkylation sites (tertiary alicyclic amines) is 1. The van der Waals surface area contributed by atoms with Crippen LogP contribution < -0.4 is 5.32 Å². The Hall–Kier alpha value is -1.80. The monoisotopic (exact) mass is 321 g/mol. The molecule has 1 fully saturated rings. The minimum atomic E-state index is -0.821. The molecule has 3 rings (SSSR count). The fourth-order valence-electron chi connectivity index (χ4n) is 2.81. The fraction of sp³-hybridized carbons (Fsp3) is 0.500. The van der Waals surface area contributed by atoms with Crippen LogP contribution in [0.1, 0.15) is 18.4 Å². The summed E-state index contributed by atoms with van der Waals surface area (Å²) >= 11 is 1.61. The summed E-state index contributed by atoms with van der Waals surface area (Å²) in [6, 6.07) is 2.41. The zero-order valence-electron chi connectivity index (χ0n) is 12.4. The van der Waals surface area contributed by atoms with Crippen LogP contribution in [-0.2, 0) is 6.54 Å². The van der Waals surface area contributed by atoms with Crippen molar-refractivity contribution in [3.63, 3.8) is 0 Å². The largest absolute Gasteiger partial charge is 0.465 e. The van der Waals surface area contributed by atoms with Gasteiger partial charge in [0.05, 0.1) is 0 Å². The molecule has 0 unspecified atom stereocenters. The predicted octanol–water partition coefficient (Wildman–Crippen LogP) is 1.68. The lowest BCUT2D eigenvalue weighted by Crippen LogP contribution is -2.44. The van der Waals surface area contributed by atoms with Gasteiger partial charge in [-0.25, -0.2) is 14.3 Å². The Kier molecular flexibility index (Phi) is 4.49. The molecule has 0 atom stereocenters. The summed E-state index contributed by atoms with van der Waals surface area (Å²) in [7, 11) is 0. The van der Waals surface area contributed by atoms with E-state index in [-0.39, 0.29) is 0 Å². The molecule has 0 bridgehead atoms. The van der Waals surface area contributed by atoms with Gasteiger partial charge in [0.2, 0.25) is 0 Å². The van der Waals surface area contributed by atoms with Gasteiger partial charge in [0, 0.05) is 31.9 Å². The number of aromatic nitrogens is 3. The van der Waals surface area contributed by atoms with Gasteiger partial charge in [0.25, 0.3) is 0 Å². The van der Waals surface area contributed by atoms with Crippen LogP contribution in [0, 0.1) is 0 Å². The maximum atomic E-state index is 10.9. The number of nitrogens with one attached hydrogen (secondary N) is 1. The second-order valence-corrected chi connectivity index (χ2v) is 6.12. The summed E-state index contributed by atoms with van der Waals surface area (Å²) in [6.45, 7) is 1.94. The molecule has 1 amide bonds. The van der Waals surface area contributed by atoms with Gasteiger partial charge in [-0.1, -0.05) is 0 Å². The van der Waals surface area contributed by atoms with Gasteiger partial charge >= 0.3 is 6.09 Å². The van der Waals surface area contributed by atoms with Crippen molar-refractivity contribution >= 4 is 23.4 Å². The first kappa shape index (κ1) is 15.1. The normalized spacial score (nSPS) is 16.3. The summed E-state index contributed by atoms with van der Waals surface area (Å²) < 4.78 is 1.85. The zero-order chi connectivity index (χ0) is 15.5. The highest BCUT2D eigenvalue weighted by atomic mass is 32.2.